The van der Waals surface area contributed by atoms with Gasteiger partial charge in [-0.25, -0.2) is 9.55 Å². The second kappa shape index (κ2) is 9.79. The van der Waals surface area contributed by atoms with Crippen molar-refractivity contribution in [2.24, 2.45) is 5.92 Å². The van der Waals surface area contributed by atoms with Gasteiger partial charge in [-0.3, -0.25) is 9.59 Å². The summed E-state index contributed by atoms with van der Waals surface area (Å²) < 4.78 is 12.9. The van der Waals surface area contributed by atoms with Gasteiger partial charge in [0, 0.05) is 30.9 Å². The molecule has 0 aliphatic carbocycles. The van der Waals surface area contributed by atoms with E-state index in [-0.39, 0.29) is 17.4 Å². The second-order valence-electron chi connectivity index (χ2n) is 8.40. The lowest BCUT2D eigenvalue weighted by Gasteiger charge is -2.34. The highest BCUT2D eigenvalue weighted by Crippen LogP contribution is 2.28. The first kappa shape index (κ1) is 22.9. The minimum absolute atomic E-state index is 0.0603. The van der Waals surface area contributed by atoms with Gasteiger partial charge >= 0.3 is 0 Å². The van der Waals surface area contributed by atoms with E-state index in [4.69, 9.17) is 14.5 Å². The van der Waals surface area contributed by atoms with Crippen molar-refractivity contribution in [2.75, 3.05) is 37.5 Å². The SMILES string of the molecule is COc1cccc(NC(=O)[C@H]2CCCN(c3nc4ccsc4c(=O)n3-c3cccc(OC)c3)C2)c1. The summed E-state index contributed by atoms with van der Waals surface area (Å²) in [5.41, 5.74) is 1.90. The molecule has 1 aliphatic heterocycles. The molecule has 2 aromatic carbocycles. The molecular weight excluding hydrogens is 464 g/mol. The number of rotatable bonds is 6. The molecule has 8 nitrogen and oxygen atoms in total. The number of carbonyl (C=O) groups is 1. The normalized spacial score (nSPS) is 15.7. The highest BCUT2D eigenvalue weighted by molar-refractivity contribution is 7.17. The minimum Gasteiger partial charge on any atom is -0.497 e. The Hall–Kier alpha value is -3.85. The van der Waals surface area contributed by atoms with E-state index in [2.05, 4.69) is 5.32 Å². The number of nitrogens with zero attached hydrogens (tertiary/aromatic N) is 3. The first-order valence-electron chi connectivity index (χ1n) is 11.4. The summed E-state index contributed by atoms with van der Waals surface area (Å²) >= 11 is 1.38. The van der Waals surface area contributed by atoms with Crippen LogP contribution in [0.1, 0.15) is 12.8 Å². The Morgan fingerprint density at radius 3 is 2.66 bits per heavy atom. The quantitative estimate of drug-likeness (QED) is 0.433. The number of nitrogens with one attached hydrogen (secondary N) is 1. The summed E-state index contributed by atoms with van der Waals surface area (Å²) in [6.07, 6.45) is 1.57. The Bertz CT molecular complexity index is 1430. The molecule has 1 N–H and O–H groups in total. The number of benzene rings is 2. The average Bonchev–Trinajstić information content (AvgIpc) is 3.38. The first-order chi connectivity index (χ1) is 17.1. The van der Waals surface area contributed by atoms with Crippen LogP contribution in [0.3, 0.4) is 0 Å². The number of hydrogen-bond donors (Lipinski definition) is 1. The van der Waals surface area contributed by atoms with Crippen LogP contribution in [0, 0.1) is 5.92 Å². The van der Waals surface area contributed by atoms with E-state index in [0.717, 1.165) is 12.8 Å². The van der Waals surface area contributed by atoms with E-state index in [0.29, 0.717) is 52.1 Å². The standard InChI is InChI=1S/C26H26N4O4S/c1-33-20-9-3-7-18(14-20)27-24(31)17-6-5-12-29(16-17)26-28-22-11-13-35-23(22)25(32)30(26)19-8-4-10-21(15-19)34-2/h3-4,7-11,13-15,17H,5-6,12,16H2,1-2H3,(H,27,31)/t17-/m0/s1. The molecule has 1 amide bonds. The van der Waals surface area contributed by atoms with Crippen molar-refractivity contribution in [3.63, 3.8) is 0 Å². The highest BCUT2D eigenvalue weighted by atomic mass is 32.1. The number of anilines is 2. The van der Waals surface area contributed by atoms with Crippen LogP contribution in [0.15, 0.2) is 64.8 Å². The third-order valence-electron chi connectivity index (χ3n) is 6.19. The Balaban J connectivity index is 1.48. The molecule has 5 rings (SSSR count). The number of methoxy groups -OCH3 is 2. The molecule has 35 heavy (non-hydrogen) atoms. The van der Waals surface area contributed by atoms with Gasteiger partial charge < -0.3 is 19.7 Å². The van der Waals surface area contributed by atoms with Crippen molar-refractivity contribution in [3.8, 4) is 17.2 Å². The number of amides is 1. The molecular formula is C26H26N4O4S. The van der Waals surface area contributed by atoms with Crippen LogP contribution in [0.4, 0.5) is 11.6 Å². The van der Waals surface area contributed by atoms with Gasteiger partial charge in [0.15, 0.2) is 0 Å². The molecule has 0 bridgehead atoms. The maximum atomic E-state index is 13.5. The molecule has 2 aromatic heterocycles. The van der Waals surface area contributed by atoms with Crippen molar-refractivity contribution >= 4 is 39.1 Å². The monoisotopic (exact) mass is 490 g/mol. The lowest BCUT2D eigenvalue weighted by Crippen LogP contribution is -2.43. The van der Waals surface area contributed by atoms with Crippen molar-refractivity contribution in [2.45, 2.75) is 12.8 Å². The van der Waals surface area contributed by atoms with Gasteiger partial charge in [0.2, 0.25) is 11.9 Å². The van der Waals surface area contributed by atoms with Crippen molar-refractivity contribution in [1.82, 2.24) is 9.55 Å². The zero-order valence-electron chi connectivity index (χ0n) is 19.6. The fourth-order valence-corrected chi connectivity index (χ4v) is 5.17. The minimum atomic E-state index is -0.246. The van der Waals surface area contributed by atoms with Gasteiger partial charge in [0.05, 0.1) is 31.3 Å². The number of carbonyl (C=O) groups excluding carboxylic acids is 1. The van der Waals surface area contributed by atoms with Crippen LogP contribution >= 0.6 is 11.3 Å². The van der Waals surface area contributed by atoms with Crippen LogP contribution in [0.2, 0.25) is 0 Å². The topological polar surface area (TPSA) is 85.7 Å². The molecule has 3 heterocycles. The molecule has 4 aromatic rings. The van der Waals surface area contributed by atoms with Crippen molar-refractivity contribution in [3.05, 3.63) is 70.3 Å². The van der Waals surface area contributed by atoms with Crippen LogP contribution in [-0.2, 0) is 4.79 Å². The van der Waals surface area contributed by atoms with Gasteiger partial charge in [0.25, 0.3) is 5.56 Å². The van der Waals surface area contributed by atoms with Crippen LogP contribution in [-0.4, -0.2) is 42.8 Å². The van der Waals surface area contributed by atoms with Crippen molar-refractivity contribution in [1.29, 1.82) is 0 Å². The molecule has 1 saturated heterocycles. The fraction of sp³-hybridized carbons (Fsp3) is 0.269. The van der Waals surface area contributed by atoms with Gasteiger partial charge in [-0.15, -0.1) is 11.3 Å². The predicted octanol–water partition coefficient (Wildman–Crippen LogP) is 4.32. The summed E-state index contributed by atoms with van der Waals surface area (Å²) in [7, 11) is 3.19. The Morgan fingerprint density at radius 1 is 1.09 bits per heavy atom. The Morgan fingerprint density at radius 2 is 1.86 bits per heavy atom. The number of ether oxygens (including phenoxy) is 2. The van der Waals surface area contributed by atoms with Crippen LogP contribution < -0.4 is 25.2 Å². The molecule has 1 aliphatic rings. The number of aromatic nitrogens is 2. The summed E-state index contributed by atoms with van der Waals surface area (Å²) in [6.45, 7) is 1.16. The fourth-order valence-electron chi connectivity index (χ4n) is 4.41. The zero-order chi connectivity index (χ0) is 24.4. The van der Waals surface area contributed by atoms with Crippen molar-refractivity contribution < 1.29 is 14.3 Å². The average molecular weight is 491 g/mol. The predicted molar refractivity (Wildman–Crippen MR) is 138 cm³/mol. The third kappa shape index (κ3) is 4.59. The number of hydrogen-bond acceptors (Lipinski definition) is 7. The van der Waals surface area contributed by atoms with E-state index in [1.807, 2.05) is 58.8 Å². The van der Waals surface area contributed by atoms with Crippen LogP contribution in [0.25, 0.3) is 15.9 Å². The van der Waals surface area contributed by atoms with Gasteiger partial charge in [-0.1, -0.05) is 12.1 Å². The number of fused-ring (bicyclic) bond motifs is 1. The highest BCUT2D eigenvalue weighted by Gasteiger charge is 2.29. The second-order valence-corrected chi connectivity index (χ2v) is 9.31. The largest absolute Gasteiger partial charge is 0.497 e. The van der Waals surface area contributed by atoms with E-state index in [9.17, 15) is 9.59 Å². The molecule has 9 heteroatoms. The molecule has 180 valence electrons. The number of thiophene rings is 1. The van der Waals surface area contributed by atoms with Crippen LogP contribution in [0.5, 0.6) is 11.5 Å². The van der Waals surface area contributed by atoms with E-state index >= 15 is 0 Å². The maximum absolute atomic E-state index is 13.5. The summed E-state index contributed by atoms with van der Waals surface area (Å²) in [6, 6.07) is 16.6. The molecule has 0 saturated carbocycles. The molecule has 1 atom stereocenters. The Kier molecular flexibility index (Phi) is 6.41. The van der Waals surface area contributed by atoms with Gasteiger partial charge in [-0.05, 0) is 48.6 Å². The molecule has 1 fully saturated rings. The summed E-state index contributed by atoms with van der Waals surface area (Å²) in [5, 5.41) is 4.88. The smallest absolute Gasteiger partial charge is 0.277 e. The molecule has 0 spiro atoms. The third-order valence-corrected chi connectivity index (χ3v) is 7.08. The zero-order valence-corrected chi connectivity index (χ0v) is 20.4. The molecule has 0 unspecified atom stereocenters. The number of piperidine rings is 1. The van der Waals surface area contributed by atoms with Gasteiger partial charge in [0.1, 0.15) is 16.2 Å². The van der Waals surface area contributed by atoms with E-state index < -0.39 is 0 Å². The van der Waals surface area contributed by atoms with Gasteiger partial charge in [-0.2, -0.15) is 0 Å². The Labute approximate surface area is 206 Å². The first-order valence-corrected chi connectivity index (χ1v) is 12.3. The summed E-state index contributed by atoms with van der Waals surface area (Å²) in [5.74, 6) is 1.57. The lowest BCUT2D eigenvalue weighted by molar-refractivity contribution is -0.120. The molecule has 0 radical (unpaired) electrons. The van der Waals surface area contributed by atoms with E-state index in [1.165, 1.54) is 11.3 Å². The lowest BCUT2D eigenvalue weighted by atomic mass is 9.97. The van der Waals surface area contributed by atoms with E-state index in [1.54, 1.807) is 24.9 Å². The summed E-state index contributed by atoms with van der Waals surface area (Å²) in [4.78, 5) is 33.6. The maximum Gasteiger partial charge on any atom is 0.277 e.